The zero-order chi connectivity index (χ0) is 14.4. The number of pyridine rings is 2. The Morgan fingerprint density at radius 1 is 1.35 bits per heavy atom. The van der Waals surface area contributed by atoms with E-state index in [4.69, 9.17) is 5.73 Å². The van der Waals surface area contributed by atoms with Gasteiger partial charge in [-0.25, -0.2) is 4.98 Å². The molecule has 0 unspecified atom stereocenters. The third-order valence-electron chi connectivity index (χ3n) is 3.05. The van der Waals surface area contributed by atoms with Gasteiger partial charge in [0.15, 0.2) is 0 Å². The molecule has 0 atom stereocenters. The molecule has 0 bridgehead atoms. The van der Waals surface area contributed by atoms with Gasteiger partial charge in [0.1, 0.15) is 5.82 Å². The standard InChI is InChI=1S/C15H19BrN4/c1-12-8-14(16)10-19-15(12)20(7-3-5-17)11-13-4-2-6-18-9-13/h2,4,6,8-10H,3,5,7,11,17H2,1H3. The molecule has 2 N–H and O–H groups in total. The van der Waals surface area contributed by atoms with Crippen molar-refractivity contribution >= 4 is 21.7 Å². The van der Waals surface area contributed by atoms with E-state index in [-0.39, 0.29) is 0 Å². The first-order valence-corrected chi connectivity index (χ1v) is 7.46. The van der Waals surface area contributed by atoms with Crippen molar-refractivity contribution in [2.75, 3.05) is 18.0 Å². The number of hydrogen-bond donors (Lipinski definition) is 1. The fraction of sp³-hybridized carbons (Fsp3) is 0.333. The molecule has 5 heteroatoms. The van der Waals surface area contributed by atoms with E-state index in [0.29, 0.717) is 6.54 Å². The van der Waals surface area contributed by atoms with Crippen LogP contribution in [-0.4, -0.2) is 23.1 Å². The predicted octanol–water partition coefficient (Wildman–Crippen LogP) is 2.90. The van der Waals surface area contributed by atoms with Gasteiger partial charge in [0, 0.05) is 36.2 Å². The molecule has 0 aliphatic rings. The Kier molecular flexibility index (Phi) is 5.49. The van der Waals surface area contributed by atoms with Crippen LogP contribution in [0.5, 0.6) is 0 Å². The molecule has 0 saturated heterocycles. The maximum absolute atomic E-state index is 5.64. The summed E-state index contributed by atoms with van der Waals surface area (Å²) in [5, 5.41) is 0. The van der Waals surface area contributed by atoms with Crippen molar-refractivity contribution in [3.05, 3.63) is 52.4 Å². The molecule has 106 valence electrons. The van der Waals surface area contributed by atoms with E-state index in [9.17, 15) is 0 Å². The van der Waals surface area contributed by atoms with Crippen molar-refractivity contribution in [1.82, 2.24) is 9.97 Å². The average molecular weight is 335 g/mol. The molecule has 0 aliphatic carbocycles. The fourth-order valence-electron chi connectivity index (χ4n) is 2.12. The van der Waals surface area contributed by atoms with Crippen LogP contribution in [0.2, 0.25) is 0 Å². The Labute approximate surface area is 128 Å². The fourth-order valence-corrected chi connectivity index (χ4v) is 2.56. The highest BCUT2D eigenvalue weighted by Gasteiger charge is 2.11. The molecule has 0 radical (unpaired) electrons. The lowest BCUT2D eigenvalue weighted by atomic mass is 10.2. The van der Waals surface area contributed by atoms with E-state index in [1.165, 1.54) is 5.56 Å². The molecule has 2 heterocycles. The molecule has 2 aromatic heterocycles. The highest BCUT2D eigenvalue weighted by atomic mass is 79.9. The number of nitrogens with two attached hydrogens (primary N) is 1. The van der Waals surface area contributed by atoms with Crippen molar-refractivity contribution in [2.45, 2.75) is 19.9 Å². The second-order valence-electron chi connectivity index (χ2n) is 4.72. The summed E-state index contributed by atoms with van der Waals surface area (Å²) in [4.78, 5) is 11.0. The van der Waals surface area contributed by atoms with Crippen molar-refractivity contribution in [3.8, 4) is 0 Å². The monoisotopic (exact) mass is 334 g/mol. The molecular formula is C15H19BrN4. The molecule has 0 spiro atoms. The first kappa shape index (κ1) is 14.9. The molecule has 2 rings (SSSR count). The van der Waals surface area contributed by atoms with Crippen LogP contribution < -0.4 is 10.6 Å². The minimum absolute atomic E-state index is 0.680. The smallest absolute Gasteiger partial charge is 0.131 e. The SMILES string of the molecule is Cc1cc(Br)cnc1N(CCCN)Cc1cccnc1. The minimum atomic E-state index is 0.680. The second-order valence-corrected chi connectivity index (χ2v) is 5.63. The number of rotatable bonds is 6. The van der Waals surface area contributed by atoms with Crippen LogP contribution >= 0.6 is 15.9 Å². The topological polar surface area (TPSA) is 55.0 Å². The third kappa shape index (κ3) is 4.02. The first-order valence-electron chi connectivity index (χ1n) is 6.67. The van der Waals surface area contributed by atoms with Crippen molar-refractivity contribution in [2.24, 2.45) is 5.73 Å². The maximum Gasteiger partial charge on any atom is 0.131 e. The van der Waals surface area contributed by atoms with E-state index in [0.717, 1.165) is 35.4 Å². The van der Waals surface area contributed by atoms with E-state index in [1.807, 2.05) is 18.5 Å². The molecule has 2 aromatic rings. The zero-order valence-electron chi connectivity index (χ0n) is 11.6. The van der Waals surface area contributed by atoms with Crippen LogP contribution in [0.25, 0.3) is 0 Å². The van der Waals surface area contributed by atoms with Crippen LogP contribution in [0, 0.1) is 6.92 Å². The maximum atomic E-state index is 5.64. The van der Waals surface area contributed by atoms with E-state index >= 15 is 0 Å². The highest BCUT2D eigenvalue weighted by Crippen LogP contribution is 2.22. The van der Waals surface area contributed by atoms with Gasteiger partial charge in [-0.15, -0.1) is 0 Å². The van der Waals surface area contributed by atoms with Gasteiger partial charge in [0.05, 0.1) is 0 Å². The van der Waals surface area contributed by atoms with Crippen molar-refractivity contribution < 1.29 is 0 Å². The summed E-state index contributed by atoms with van der Waals surface area (Å²) in [6, 6.07) is 6.12. The predicted molar refractivity (Wildman–Crippen MR) is 85.6 cm³/mol. The molecule has 0 fully saturated rings. The minimum Gasteiger partial charge on any atom is -0.352 e. The van der Waals surface area contributed by atoms with E-state index in [2.05, 4.69) is 49.9 Å². The van der Waals surface area contributed by atoms with Crippen LogP contribution in [-0.2, 0) is 6.54 Å². The molecule has 4 nitrogen and oxygen atoms in total. The Balaban J connectivity index is 2.22. The van der Waals surface area contributed by atoms with Crippen molar-refractivity contribution in [1.29, 1.82) is 0 Å². The van der Waals surface area contributed by atoms with Crippen LogP contribution in [0.3, 0.4) is 0 Å². The third-order valence-corrected chi connectivity index (χ3v) is 3.48. The summed E-state index contributed by atoms with van der Waals surface area (Å²) in [6.45, 7) is 4.44. The van der Waals surface area contributed by atoms with Gasteiger partial charge < -0.3 is 10.6 Å². The lowest BCUT2D eigenvalue weighted by Crippen LogP contribution is -2.27. The van der Waals surface area contributed by atoms with Gasteiger partial charge in [-0.3, -0.25) is 4.98 Å². The van der Waals surface area contributed by atoms with Gasteiger partial charge in [0.2, 0.25) is 0 Å². The lowest BCUT2D eigenvalue weighted by molar-refractivity contribution is 0.722. The summed E-state index contributed by atoms with van der Waals surface area (Å²) in [5.74, 6) is 1.01. The van der Waals surface area contributed by atoms with Crippen LogP contribution in [0.15, 0.2) is 41.3 Å². The van der Waals surface area contributed by atoms with Crippen molar-refractivity contribution in [3.63, 3.8) is 0 Å². The Morgan fingerprint density at radius 3 is 2.85 bits per heavy atom. The van der Waals surface area contributed by atoms with Gasteiger partial charge >= 0.3 is 0 Å². The van der Waals surface area contributed by atoms with Crippen LogP contribution in [0.1, 0.15) is 17.5 Å². The summed E-state index contributed by atoms with van der Waals surface area (Å²) in [7, 11) is 0. The molecule has 0 aliphatic heterocycles. The molecule has 0 amide bonds. The zero-order valence-corrected chi connectivity index (χ0v) is 13.2. The highest BCUT2D eigenvalue weighted by molar-refractivity contribution is 9.10. The molecular weight excluding hydrogens is 316 g/mol. The van der Waals surface area contributed by atoms with E-state index in [1.54, 1.807) is 6.20 Å². The largest absolute Gasteiger partial charge is 0.352 e. The van der Waals surface area contributed by atoms with E-state index < -0.39 is 0 Å². The number of halogens is 1. The van der Waals surface area contributed by atoms with Gasteiger partial charge in [-0.05, 0) is 59.1 Å². The normalized spacial score (nSPS) is 10.6. The van der Waals surface area contributed by atoms with Gasteiger partial charge in [-0.1, -0.05) is 6.07 Å². The summed E-state index contributed by atoms with van der Waals surface area (Å²) >= 11 is 3.45. The Morgan fingerprint density at radius 2 is 2.20 bits per heavy atom. The average Bonchev–Trinajstić information content (AvgIpc) is 2.45. The molecule has 0 saturated carbocycles. The summed E-state index contributed by atoms with van der Waals surface area (Å²) < 4.78 is 0.999. The number of hydrogen-bond acceptors (Lipinski definition) is 4. The van der Waals surface area contributed by atoms with Gasteiger partial charge in [-0.2, -0.15) is 0 Å². The quantitative estimate of drug-likeness (QED) is 0.882. The number of aryl methyl sites for hydroxylation is 1. The first-order chi connectivity index (χ1) is 9.70. The summed E-state index contributed by atoms with van der Waals surface area (Å²) in [6.07, 6.45) is 6.46. The molecule has 0 aromatic carbocycles. The molecule has 20 heavy (non-hydrogen) atoms. The number of aromatic nitrogens is 2. The van der Waals surface area contributed by atoms with Gasteiger partial charge in [0.25, 0.3) is 0 Å². The number of nitrogens with zero attached hydrogens (tertiary/aromatic N) is 3. The second kappa shape index (κ2) is 7.36. The summed E-state index contributed by atoms with van der Waals surface area (Å²) in [5.41, 5.74) is 7.97. The number of anilines is 1. The Bertz CT molecular complexity index is 545. The Hall–Kier alpha value is -1.46. The van der Waals surface area contributed by atoms with Crippen LogP contribution in [0.4, 0.5) is 5.82 Å². The lowest BCUT2D eigenvalue weighted by Gasteiger charge is -2.25.